The number of hydrogen-bond donors (Lipinski definition) is 1. The van der Waals surface area contributed by atoms with Gasteiger partial charge >= 0.3 is 12.1 Å². The van der Waals surface area contributed by atoms with Crippen molar-refractivity contribution in [2.24, 2.45) is 5.41 Å². The van der Waals surface area contributed by atoms with Crippen LogP contribution < -0.4 is 0 Å². The molecule has 112 valence electrons. The Morgan fingerprint density at radius 1 is 1.24 bits per heavy atom. The van der Waals surface area contributed by atoms with Crippen molar-refractivity contribution < 1.29 is 19.4 Å². The molecule has 0 bridgehead atoms. The largest absolute Gasteiger partial charge is 0.480 e. The predicted octanol–water partition coefficient (Wildman–Crippen LogP) is 2.65. The first kappa shape index (κ1) is 13.9. The molecule has 1 saturated heterocycles. The van der Waals surface area contributed by atoms with Crippen molar-refractivity contribution in [3.63, 3.8) is 0 Å². The van der Waals surface area contributed by atoms with Crippen molar-refractivity contribution in [2.45, 2.75) is 38.3 Å². The van der Waals surface area contributed by atoms with Crippen molar-refractivity contribution in [2.75, 3.05) is 6.54 Å². The molecule has 21 heavy (non-hydrogen) atoms. The van der Waals surface area contributed by atoms with E-state index < -0.39 is 18.1 Å². The van der Waals surface area contributed by atoms with Gasteiger partial charge in [-0.15, -0.1) is 0 Å². The number of hydrogen-bond acceptors (Lipinski definition) is 3. The molecule has 1 saturated carbocycles. The number of nitrogens with zero attached hydrogens (tertiary/aromatic N) is 1. The summed E-state index contributed by atoms with van der Waals surface area (Å²) >= 11 is 0. The summed E-state index contributed by atoms with van der Waals surface area (Å²) < 4.78 is 5.28. The Morgan fingerprint density at radius 2 is 1.95 bits per heavy atom. The van der Waals surface area contributed by atoms with Crippen LogP contribution in [0.2, 0.25) is 0 Å². The maximum atomic E-state index is 12.2. The van der Waals surface area contributed by atoms with Crippen LogP contribution in [0.4, 0.5) is 4.79 Å². The first-order chi connectivity index (χ1) is 10.1. The van der Waals surface area contributed by atoms with Crippen LogP contribution in [0.3, 0.4) is 0 Å². The van der Waals surface area contributed by atoms with E-state index >= 15 is 0 Å². The summed E-state index contributed by atoms with van der Waals surface area (Å²) in [6.07, 6.45) is 3.09. The van der Waals surface area contributed by atoms with Gasteiger partial charge in [-0.1, -0.05) is 36.8 Å². The molecule has 1 heterocycles. The number of carboxylic acids is 1. The Bertz CT molecular complexity index is 538. The second-order valence-corrected chi connectivity index (χ2v) is 5.94. The number of aliphatic carboxylic acids is 1. The molecule has 1 amide bonds. The lowest BCUT2D eigenvalue weighted by Gasteiger charge is -2.42. The summed E-state index contributed by atoms with van der Waals surface area (Å²) in [6.45, 7) is 0.653. The van der Waals surface area contributed by atoms with Gasteiger partial charge in [-0.3, -0.25) is 4.90 Å². The van der Waals surface area contributed by atoms with Crippen LogP contribution >= 0.6 is 0 Å². The standard InChI is InChI=1S/C16H19NO4/c18-14(19)13-16(7-4-8-16)9-10-17(13)15(20)21-11-12-5-2-1-3-6-12/h1-3,5-6,13H,4,7-11H2,(H,18,19). The molecular weight excluding hydrogens is 270 g/mol. The van der Waals surface area contributed by atoms with E-state index in [1.807, 2.05) is 30.3 Å². The number of carboxylic acid groups (broad SMARTS) is 1. The molecule has 1 unspecified atom stereocenters. The van der Waals surface area contributed by atoms with Crippen molar-refractivity contribution >= 4 is 12.1 Å². The van der Waals surface area contributed by atoms with Crippen molar-refractivity contribution in [1.82, 2.24) is 4.90 Å². The first-order valence-corrected chi connectivity index (χ1v) is 7.32. The highest BCUT2D eigenvalue weighted by Crippen LogP contribution is 2.52. The highest BCUT2D eigenvalue weighted by Gasteiger charge is 2.56. The topological polar surface area (TPSA) is 66.8 Å². The van der Waals surface area contributed by atoms with Gasteiger partial charge in [-0.2, -0.15) is 0 Å². The second-order valence-electron chi connectivity index (χ2n) is 5.94. The van der Waals surface area contributed by atoms with Crippen LogP contribution in [-0.4, -0.2) is 34.7 Å². The number of rotatable bonds is 3. The maximum Gasteiger partial charge on any atom is 0.410 e. The quantitative estimate of drug-likeness (QED) is 0.929. The third kappa shape index (κ3) is 2.48. The number of likely N-dealkylation sites (tertiary alicyclic amines) is 1. The lowest BCUT2D eigenvalue weighted by atomic mass is 9.64. The minimum Gasteiger partial charge on any atom is -0.480 e. The highest BCUT2D eigenvalue weighted by molar-refractivity contribution is 5.82. The van der Waals surface area contributed by atoms with E-state index in [4.69, 9.17) is 4.74 Å². The second kappa shape index (κ2) is 5.39. The summed E-state index contributed by atoms with van der Waals surface area (Å²) in [4.78, 5) is 25.1. The lowest BCUT2D eigenvalue weighted by Crippen LogP contribution is -2.50. The number of benzene rings is 1. The van der Waals surface area contributed by atoms with E-state index in [9.17, 15) is 14.7 Å². The summed E-state index contributed by atoms with van der Waals surface area (Å²) in [6, 6.07) is 8.67. The first-order valence-electron chi connectivity index (χ1n) is 7.32. The Kier molecular flexibility index (Phi) is 3.57. The monoisotopic (exact) mass is 289 g/mol. The molecule has 3 rings (SSSR count). The molecule has 0 aromatic heterocycles. The molecule has 2 fully saturated rings. The zero-order chi connectivity index (χ0) is 14.9. The molecule has 1 aliphatic heterocycles. The zero-order valence-corrected chi connectivity index (χ0v) is 11.8. The normalized spacial score (nSPS) is 22.9. The van der Waals surface area contributed by atoms with Gasteiger partial charge in [0, 0.05) is 12.0 Å². The molecule has 1 aromatic rings. The van der Waals surface area contributed by atoms with Crippen LogP contribution in [0.25, 0.3) is 0 Å². The third-order valence-corrected chi connectivity index (χ3v) is 4.77. The number of amides is 1. The fourth-order valence-electron chi connectivity index (χ4n) is 3.49. The van der Waals surface area contributed by atoms with Crippen LogP contribution in [0, 0.1) is 5.41 Å². The molecule has 1 spiro atoms. The van der Waals surface area contributed by atoms with Crippen LogP contribution in [0.1, 0.15) is 31.2 Å². The minimum atomic E-state index is -0.913. The molecule has 5 heteroatoms. The fourth-order valence-corrected chi connectivity index (χ4v) is 3.49. The number of carbonyl (C=O) groups excluding carboxylic acids is 1. The minimum absolute atomic E-state index is 0.176. The molecule has 0 radical (unpaired) electrons. The zero-order valence-electron chi connectivity index (χ0n) is 11.8. The fraction of sp³-hybridized carbons (Fsp3) is 0.500. The predicted molar refractivity (Wildman–Crippen MR) is 75.7 cm³/mol. The Balaban J connectivity index is 1.65. The average molecular weight is 289 g/mol. The summed E-state index contributed by atoms with van der Waals surface area (Å²) in [5, 5.41) is 9.47. The summed E-state index contributed by atoms with van der Waals surface area (Å²) in [5.74, 6) is -0.913. The molecule has 1 aromatic carbocycles. The summed E-state index contributed by atoms with van der Waals surface area (Å²) in [5.41, 5.74) is 0.688. The molecular formula is C16H19NO4. The smallest absolute Gasteiger partial charge is 0.410 e. The Hall–Kier alpha value is -2.04. The molecule has 1 N–H and O–H groups in total. The van der Waals surface area contributed by atoms with Gasteiger partial charge < -0.3 is 9.84 Å². The molecule has 1 atom stereocenters. The van der Waals surface area contributed by atoms with E-state index in [1.54, 1.807) is 0 Å². The van der Waals surface area contributed by atoms with Crippen molar-refractivity contribution in [3.05, 3.63) is 35.9 Å². The van der Waals surface area contributed by atoms with Gasteiger partial charge in [0.2, 0.25) is 0 Å². The van der Waals surface area contributed by atoms with Crippen molar-refractivity contribution in [1.29, 1.82) is 0 Å². The summed E-state index contributed by atoms with van der Waals surface area (Å²) in [7, 11) is 0. The van der Waals surface area contributed by atoms with Gasteiger partial charge in [0.1, 0.15) is 12.6 Å². The Morgan fingerprint density at radius 3 is 2.52 bits per heavy atom. The van der Waals surface area contributed by atoms with Gasteiger partial charge in [-0.05, 0) is 24.8 Å². The molecule has 5 nitrogen and oxygen atoms in total. The maximum absolute atomic E-state index is 12.2. The molecule has 2 aliphatic rings. The third-order valence-electron chi connectivity index (χ3n) is 4.77. The average Bonchev–Trinajstić information content (AvgIpc) is 2.86. The van der Waals surface area contributed by atoms with E-state index in [1.165, 1.54) is 4.90 Å². The van der Waals surface area contributed by atoms with Gasteiger partial charge in [0.15, 0.2) is 0 Å². The van der Waals surface area contributed by atoms with Gasteiger partial charge in [-0.25, -0.2) is 9.59 Å². The van der Waals surface area contributed by atoms with Crippen LogP contribution in [0.15, 0.2) is 30.3 Å². The number of carbonyl (C=O) groups is 2. The van der Waals surface area contributed by atoms with Gasteiger partial charge in [0.25, 0.3) is 0 Å². The van der Waals surface area contributed by atoms with Gasteiger partial charge in [0.05, 0.1) is 0 Å². The van der Waals surface area contributed by atoms with E-state index in [0.717, 1.165) is 31.2 Å². The SMILES string of the molecule is O=C(O)C1N(C(=O)OCc2ccccc2)CCC12CCC2. The highest BCUT2D eigenvalue weighted by atomic mass is 16.6. The van der Waals surface area contributed by atoms with Crippen molar-refractivity contribution in [3.8, 4) is 0 Å². The van der Waals surface area contributed by atoms with Crippen LogP contribution in [0.5, 0.6) is 0 Å². The Labute approximate surface area is 123 Å². The molecule has 1 aliphatic carbocycles. The van der Waals surface area contributed by atoms with E-state index in [2.05, 4.69) is 0 Å². The van der Waals surface area contributed by atoms with E-state index in [-0.39, 0.29) is 12.0 Å². The lowest BCUT2D eigenvalue weighted by molar-refractivity contribution is -0.147. The van der Waals surface area contributed by atoms with E-state index in [0.29, 0.717) is 6.54 Å². The van der Waals surface area contributed by atoms with Crippen LogP contribution in [-0.2, 0) is 16.1 Å². The number of ether oxygens (including phenoxy) is 1.